The molecule has 2 fully saturated rings. The molecule has 0 N–H and O–H groups in total. The molecule has 0 saturated carbocycles. The van der Waals surface area contributed by atoms with E-state index in [0.717, 1.165) is 13.0 Å². The fraction of sp³-hybridized carbons (Fsp3) is 0.579. The molecule has 0 radical (unpaired) electrons. The van der Waals surface area contributed by atoms with E-state index in [0.29, 0.717) is 44.2 Å². The standard InChI is InChI=1S/C19H26FN3O2/c1-14-11-18(16-5-3-4-6-17(16)20)23(12-14)13-19(25)22-9-7-21(8-10-22)15(2)24/h3-6,14,18H,7-13H2,1-2H3/t14-,18-/m1/s1. The second kappa shape index (κ2) is 7.52. The molecule has 136 valence electrons. The summed E-state index contributed by atoms with van der Waals surface area (Å²) in [5.74, 6) is 0.361. The number of benzene rings is 1. The molecule has 2 amide bonds. The van der Waals surface area contributed by atoms with Crippen LogP contribution in [-0.4, -0.2) is 65.8 Å². The minimum Gasteiger partial charge on any atom is -0.339 e. The van der Waals surface area contributed by atoms with Gasteiger partial charge in [0.05, 0.1) is 6.54 Å². The maximum Gasteiger partial charge on any atom is 0.236 e. The number of rotatable bonds is 3. The molecule has 5 nitrogen and oxygen atoms in total. The van der Waals surface area contributed by atoms with Crippen LogP contribution in [-0.2, 0) is 9.59 Å². The molecule has 0 aliphatic carbocycles. The molecule has 2 atom stereocenters. The Hall–Kier alpha value is -1.95. The van der Waals surface area contributed by atoms with Gasteiger partial charge in [-0.3, -0.25) is 14.5 Å². The van der Waals surface area contributed by atoms with Crippen LogP contribution < -0.4 is 0 Å². The van der Waals surface area contributed by atoms with Crippen LogP contribution in [0.15, 0.2) is 24.3 Å². The van der Waals surface area contributed by atoms with Crippen molar-refractivity contribution in [3.05, 3.63) is 35.6 Å². The van der Waals surface area contributed by atoms with E-state index in [9.17, 15) is 14.0 Å². The molecule has 25 heavy (non-hydrogen) atoms. The van der Waals surface area contributed by atoms with Crippen molar-refractivity contribution in [3.8, 4) is 0 Å². The summed E-state index contributed by atoms with van der Waals surface area (Å²) in [7, 11) is 0. The predicted octanol–water partition coefficient (Wildman–Crippen LogP) is 1.90. The molecular weight excluding hydrogens is 321 g/mol. The van der Waals surface area contributed by atoms with E-state index in [4.69, 9.17) is 0 Å². The number of carbonyl (C=O) groups excluding carboxylic acids is 2. The number of halogens is 1. The third-order valence-corrected chi connectivity index (χ3v) is 5.29. The molecule has 2 aliphatic heterocycles. The van der Waals surface area contributed by atoms with E-state index in [1.54, 1.807) is 17.9 Å². The van der Waals surface area contributed by atoms with E-state index in [1.807, 2.05) is 17.0 Å². The Kier molecular flexibility index (Phi) is 5.37. The number of piperazine rings is 1. The van der Waals surface area contributed by atoms with Crippen LogP contribution in [0.5, 0.6) is 0 Å². The van der Waals surface area contributed by atoms with Crippen LogP contribution in [0.3, 0.4) is 0 Å². The van der Waals surface area contributed by atoms with Gasteiger partial charge in [-0.15, -0.1) is 0 Å². The zero-order valence-electron chi connectivity index (χ0n) is 14.9. The second-order valence-corrected chi connectivity index (χ2v) is 7.19. The van der Waals surface area contributed by atoms with Crippen LogP contribution in [0, 0.1) is 11.7 Å². The lowest BCUT2D eigenvalue weighted by Gasteiger charge is -2.35. The second-order valence-electron chi connectivity index (χ2n) is 7.19. The molecule has 1 aromatic carbocycles. The lowest BCUT2D eigenvalue weighted by molar-refractivity contribution is -0.139. The maximum atomic E-state index is 14.2. The lowest BCUT2D eigenvalue weighted by Crippen LogP contribution is -2.52. The van der Waals surface area contributed by atoms with Crippen molar-refractivity contribution in [1.82, 2.24) is 14.7 Å². The van der Waals surface area contributed by atoms with E-state index in [1.165, 1.54) is 6.07 Å². The van der Waals surface area contributed by atoms with Crippen molar-refractivity contribution in [2.45, 2.75) is 26.3 Å². The first-order valence-electron chi connectivity index (χ1n) is 8.97. The lowest BCUT2D eigenvalue weighted by atomic mass is 10.0. The number of nitrogens with zero attached hydrogens (tertiary/aromatic N) is 3. The summed E-state index contributed by atoms with van der Waals surface area (Å²) in [6.45, 7) is 7.15. The van der Waals surface area contributed by atoms with Crippen LogP contribution in [0.2, 0.25) is 0 Å². The number of hydrogen-bond donors (Lipinski definition) is 0. The number of carbonyl (C=O) groups is 2. The quantitative estimate of drug-likeness (QED) is 0.839. The van der Waals surface area contributed by atoms with Gasteiger partial charge in [-0.25, -0.2) is 4.39 Å². The fourth-order valence-corrected chi connectivity index (χ4v) is 3.92. The summed E-state index contributed by atoms with van der Waals surface area (Å²) in [5.41, 5.74) is 0.682. The molecule has 0 aromatic heterocycles. The molecule has 0 bridgehead atoms. The fourth-order valence-electron chi connectivity index (χ4n) is 3.92. The topological polar surface area (TPSA) is 43.9 Å². The highest BCUT2D eigenvalue weighted by atomic mass is 19.1. The maximum absolute atomic E-state index is 14.2. The monoisotopic (exact) mass is 347 g/mol. The van der Waals surface area contributed by atoms with Crippen LogP contribution in [0.1, 0.15) is 31.9 Å². The van der Waals surface area contributed by atoms with Crippen molar-refractivity contribution in [2.24, 2.45) is 5.92 Å². The molecule has 0 unspecified atom stereocenters. The van der Waals surface area contributed by atoms with Gasteiger partial charge >= 0.3 is 0 Å². The summed E-state index contributed by atoms with van der Waals surface area (Å²) in [4.78, 5) is 29.8. The Morgan fingerprint density at radius 3 is 2.40 bits per heavy atom. The molecule has 2 heterocycles. The van der Waals surface area contributed by atoms with Gasteiger partial charge in [-0.05, 0) is 18.4 Å². The summed E-state index contributed by atoms with van der Waals surface area (Å²) in [5, 5.41) is 0. The first kappa shape index (κ1) is 17.9. The molecule has 2 saturated heterocycles. The summed E-state index contributed by atoms with van der Waals surface area (Å²) < 4.78 is 14.2. The van der Waals surface area contributed by atoms with E-state index >= 15 is 0 Å². The number of likely N-dealkylation sites (tertiary alicyclic amines) is 1. The zero-order chi connectivity index (χ0) is 18.0. The van der Waals surface area contributed by atoms with Gasteiger partial charge in [0.2, 0.25) is 11.8 Å². The van der Waals surface area contributed by atoms with Gasteiger partial charge in [0.25, 0.3) is 0 Å². The van der Waals surface area contributed by atoms with Gasteiger partial charge in [0, 0.05) is 51.3 Å². The summed E-state index contributed by atoms with van der Waals surface area (Å²) >= 11 is 0. The van der Waals surface area contributed by atoms with Crippen molar-refractivity contribution in [2.75, 3.05) is 39.3 Å². The van der Waals surface area contributed by atoms with Crippen molar-refractivity contribution >= 4 is 11.8 Å². The van der Waals surface area contributed by atoms with Gasteiger partial charge in [-0.1, -0.05) is 25.1 Å². The number of hydrogen-bond acceptors (Lipinski definition) is 3. The van der Waals surface area contributed by atoms with Crippen LogP contribution in [0.25, 0.3) is 0 Å². The minimum atomic E-state index is -0.200. The van der Waals surface area contributed by atoms with Gasteiger partial charge in [-0.2, -0.15) is 0 Å². The third-order valence-electron chi connectivity index (χ3n) is 5.29. The third kappa shape index (κ3) is 4.00. The summed E-state index contributed by atoms with van der Waals surface area (Å²) in [6.07, 6.45) is 0.867. The molecular formula is C19H26FN3O2. The van der Waals surface area contributed by atoms with Gasteiger partial charge in [0.15, 0.2) is 0 Å². The highest BCUT2D eigenvalue weighted by molar-refractivity contribution is 5.79. The SMILES string of the molecule is CC(=O)N1CCN(C(=O)CN2C[C@H](C)C[C@@H]2c2ccccc2F)CC1. The first-order chi connectivity index (χ1) is 12.0. The average molecular weight is 347 g/mol. The first-order valence-corrected chi connectivity index (χ1v) is 8.97. The van der Waals surface area contributed by atoms with Crippen LogP contribution in [0.4, 0.5) is 4.39 Å². The normalized spacial score (nSPS) is 24.6. The Morgan fingerprint density at radius 2 is 1.76 bits per heavy atom. The Balaban J connectivity index is 1.64. The van der Waals surface area contributed by atoms with E-state index < -0.39 is 0 Å². The van der Waals surface area contributed by atoms with Gasteiger partial charge in [0.1, 0.15) is 5.82 Å². The number of amides is 2. The Bertz CT molecular complexity index is 643. The van der Waals surface area contributed by atoms with Crippen LogP contribution >= 0.6 is 0 Å². The smallest absolute Gasteiger partial charge is 0.236 e. The molecule has 6 heteroatoms. The molecule has 1 aromatic rings. The van der Waals surface area contributed by atoms with E-state index in [2.05, 4.69) is 11.8 Å². The van der Waals surface area contributed by atoms with Crippen molar-refractivity contribution < 1.29 is 14.0 Å². The van der Waals surface area contributed by atoms with Crippen molar-refractivity contribution in [1.29, 1.82) is 0 Å². The predicted molar refractivity (Wildman–Crippen MR) is 93.3 cm³/mol. The Labute approximate surface area is 148 Å². The molecule has 3 rings (SSSR count). The zero-order valence-corrected chi connectivity index (χ0v) is 14.9. The largest absolute Gasteiger partial charge is 0.339 e. The minimum absolute atomic E-state index is 0.0429. The highest BCUT2D eigenvalue weighted by Crippen LogP contribution is 2.36. The summed E-state index contributed by atoms with van der Waals surface area (Å²) in [6, 6.07) is 6.81. The van der Waals surface area contributed by atoms with Crippen molar-refractivity contribution in [3.63, 3.8) is 0 Å². The van der Waals surface area contributed by atoms with E-state index in [-0.39, 0.29) is 23.7 Å². The van der Waals surface area contributed by atoms with Gasteiger partial charge < -0.3 is 9.80 Å². The molecule has 2 aliphatic rings. The highest BCUT2D eigenvalue weighted by Gasteiger charge is 2.34. The molecule has 0 spiro atoms. The average Bonchev–Trinajstić information content (AvgIpc) is 2.95. The Morgan fingerprint density at radius 1 is 1.12 bits per heavy atom.